The average Bonchev–Trinajstić information content (AvgIpc) is 2.54. The van der Waals surface area contributed by atoms with Crippen LogP contribution in [0.4, 0.5) is 17.1 Å². The number of rotatable bonds is 1. The minimum Gasteiger partial charge on any atom is -0.453 e. The molecule has 110 valence electrons. The Bertz CT molecular complexity index is 870. The maximum atomic E-state index is 6.18. The topological polar surface area (TPSA) is 15.7 Å². The zero-order valence-electron chi connectivity index (χ0n) is 13.0. The molecule has 0 bridgehead atoms. The molecule has 0 aromatic heterocycles. The molecule has 0 saturated heterocycles. The number of benzene rings is 3. The summed E-state index contributed by atoms with van der Waals surface area (Å²) < 4.78 is 6.18. The van der Waals surface area contributed by atoms with Gasteiger partial charge in [0.2, 0.25) is 0 Å². The van der Waals surface area contributed by atoms with Gasteiger partial charge in [-0.3, -0.25) is 0 Å². The number of ether oxygens (including phenoxy) is 1. The van der Waals surface area contributed by atoms with Crippen molar-refractivity contribution in [3.63, 3.8) is 0 Å². The van der Waals surface area contributed by atoms with Crippen molar-refractivity contribution in [3.8, 4) is 11.5 Å². The minimum atomic E-state index is 0.900. The number of nitrogens with zero attached hydrogens (tertiary/aromatic N) is 2. The molecule has 1 aliphatic heterocycles. The van der Waals surface area contributed by atoms with Crippen molar-refractivity contribution in [1.82, 2.24) is 0 Å². The predicted molar refractivity (Wildman–Crippen MR) is 92.9 cm³/mol. The molecule has 0 unspecified atom stereocenters. The van der Waals surface area contributed by atoms with E-state index in [-0.39, 0.29) is 0 Å². The van der Waals surface area contributed by atoms with E-state index in [2.05, 4.69) is 71.4 Å². The van der Waals surface area contributed by atoms with Gasteiger partial charge in [0.15, 0.2) is 11.5 Å². The second-order valence-electron chi connectivity index (χ2n) is 5.84. The molecule has 1 aliphatic rings. The predicted octanol–water partition coefficient (Wildman–Crippen LogP) is 4.78. The van der Waals surface area contributed by atoms with Gasteiger partial charge in [-0.25, -0.2) is 0 Å². The largest absolute Gasteiger partial charge is 0.453 e. The SMILES string of the molecule is CN(C)c1ccc2c(c1)Oc1ccc3ccccc3c1N2C. The maximum Gasteiger partial charge on any atom is 0.153 e. The van der Waals surface area contributed by atoms with Gasteiger partial charge >= 0.3 is 0 Å². The summed E-state index contributed by atoms with van der Waals surface area (Å²) in [5, 5.41) is 2.44. The summed E-state index contributed by atoms with van der Waals surface area (Å²) in [6.45, 7) is 0. The Morgan fingerprint density at radius 3 is 2.55 bits per heavy atom. The van der Waals surface area contributed by atoms with Crippen LogP contribution < -0.4 is 14.5 Å². The normalized spacial score (nSPS) is 12.6. The lowest BCUT2D eigenvalue weighted by molar-refractivity contribution is 0.476. The fourth-order valence-corrected chi connectivity index (χ4v) is 3.04. The molecule has 0 amide bonds. The molecular weight excluding hydrogens is 272 g/mol. The highest BCUT2D eigenvalue weighted by atomic mass is 16.5. The molecule has 3 aromatic carbocycles. The second-order valence-corrected chi connectivity index (χ2v) is 5.84. The fraction of sp³-hybridized carbons (Fsp3) is 0.158. The van der Waals surface area contributed by atoms with Gasteiger partial charge in [-0.15, -0.1) is 0 Å². The molecule has 1 heterocycles. The summed E-state index contributed by atoms with van der Waals surface area (Å²) in [6.07, 6.45) is 0. The fourth-order valence-electron chi connectivity index (χ4n) is 3.04. The van der Waals surface area contributed by atoms with E-state index in [4.69, 9.17) is 4.74 Å². The standard InChI is InChI=1S/C19H18N2O/c1-20(2)14-9-10-16-18(12-14)22-17-11-8-13-6-4-5-7-15(13)19(17)21(16)3/h4-12H,1-3H3. The lowest BCUT2D eigenvalue weighted by Gasteiger charge is -2.31. The lowest BCUT2D eigenvalue weighted by Crippen LogP contribution is -2.17. The molecule has 0 atom stereocenters. The van der Waals surface area contributed by atoms with Crippen LogP contribution in [0, 0.1) is 0 Å². The molecule has 4 rings (SSSR count). The number of hydrogen-bond donors (Lipinski definition) is 0. The van der Waals surface area contributed by atoms with Crippen molar-refractivity contribution in [2.75, 3.05) is 30.9 Å². The summed E-state index contributed by atoms with van der Waals surface area (Å²) >= 11 is 0. The Morgan fingerprint density at radius 1 is 0.909 bits per heavy atom. The Balaban J connectivity index is 1.92. The van der Waals surface area contributed by atoms with Crippen molar-refractivity contribution in [3.05, 3.63) is 54.6 Å². The van der Waals surface area contributed by atoms with Gasteiger partial charge in [0.1, 0.15) is 0 Å². The van der Waals surface area contributed by atoms with Crippen LogP contribution in [0.1, 0.15) is 0 Å². The van der Waals surface area contributed by atoms with Crippen LogP contribution in [0.2, 0.25) is 0 Å². The Labute approximate surface area is 130 Å². The van der Waals surface area contributed by atoms with Gasteiger partial charge in [0, 0.05) is 38.3 Å². The maximum absolute atomic E-state index is 6.18. The summed E-state index contributed by atoms with van der Waals surface area (Å²) in [4.78, 5) is 4.30. The van der Waals surface area contributed by atoms with Crippen molar-refractivity contribution in [1.29, 1.82) is 0 Å². The quantitative estimate of drug-likeness (QED) is 0.641. The van der Waals surface area contributed by atoms with Gasteiger partial charge in [-0.05, 0) is 23.6 Å². The van der Waals surface area contributed by atoms with E-state index < -0.39 is 0 Å². The van der Waals surface area contributed by atoms with Crippen LogP contribution in [-0.4, -0.2) is 21.1 Å². The van der Waals surface area contributed by atoms with Crippen molar-refractivity contribution >= 4 is 27.8 Å². The van der Waals surface area contributed by atoms with Gasteiger partial charge < -0.3 is 14.5 Å². The van der Waals surface area contributed by atoms with Crippen LogP contribution in [0.25, 0.3) is 10.8 Å². The zero-order chi connectivity index (χ0) is 15.3. The van der Waals surface area contributed by atoms with E-state index in [0.29, 0.717) is 0 Å². The highest BCUT2D eigenvalue weighted by Crippen LogP contribution is 2.49. The first-order valence-electron chi connectivity index (χ1n) is 7.40. The highest BCUT2D eigenvalue weighted by Gasteiger charge is 2.24. The third kappa shape index (κ3) is 1.82. The molecule has 0 spiro atoms. The first-order valence-corrected chi connectivity index (χ1v) is 7.40. The van der Waals surface area contributed by atoms with E-state index in [0.717, 1.165) is 28.6 Å². The average molecular weight is 290 g/mol. The van der Waals surface area contributed by atoms with Gasteiger partial charge in [0.05, 0.1) is 11.4 Å². The second kappa shape index (κ2) is 4.67. The third-order valence-electron chi connectivity index (χ3n) is 4.24. The van der Waals surface area contributed by atoms with Gasteiger partial charge in [-0.1, -0.05) is 30.3 Å². The molecule has 0 aliphatic carbocycles. The van der Waals surface area contributed by atoms with Gasteiger partial charge in [0.25, 0.3) is 0 Å². The third-order valence-corrected chi connectivity index (χ3v) is 4.24. The molecule has 3 nitrogen and oxygen atoms in total. The summed E-state index contributed by atoms with van der Waals surface area (Å²) in [7, 11) is 6.17. The summed E-state index contributed by atoms with van der Waals surface area (Å²) in [5.41, 5.74) is 3.36. The number of fused-ring (bicyclic) bond motifs is 4. The van der Waals surface area contributed by atoms with E-state index in [1.165, 1.54) is 10.8 Å². The van der Waals surface area contributed by atoms with Crippen LogP contribution in [-0.2, 0) is 0 Å². The van der Waals surface area contributed by atoms with Crippen molar-refractivity contribution in [2.24, 2.45) is 0 Å². The number of anilines is 3. The highest BCUT2D eigenvalue weighted by molar-refractivity contribution is 6.01. The van der Waals surface area contributed by atoms with E-state index >= 15 is 0 Å². The smallest absolute Gasteiger partial charge is 0.153 e. The minimum absolute atomic E-state index is 0.900. The first-order chi connectivity index (χ1) is 10.6. The monoisotopic (exact) mass is 290 g/mol. The van der Waals surface area contributed by atoms with Gasteiger partial charge in [-0.2, -0.15) is 0 Å². The molecule has 0 radical (unpaired) electrons. The van der Waals surface area contributed by atoms with Crippen LogP contribution in [0.15, 0.2) is 54.6 Å². The number of hydrogen-bond acceptors (Lipinski definition) is 3. The first kappa shape index (κ1) is 13.0. The molecule has 3 aromatic rings. The summed E-state index contributed by atoms with van der Waals surface area (Å²) in [6, 6.07) is 18.9. The Kier molecular flexibility index (Phi) is 2.76. The van der Waals surface area contributed by atoms with Crippen molar-refractivity contribution in [2.45, 2.75) is 0 Å². The Hall–Kier alpha value is -2.68. The molecular formula is C19H18N2O. The molecule has 0 saturated carbocycles. The van der Waals surface area contributed by atoms with Crippen molar-refractivity contribution < 1.29 is 4.74 Å². The van der Waals surface area contributed by atoms with Crippen LogP contribution in [0.5, 0.6) is 11.5 Å². The van der Waals surface area contributed by atoms with E-state index in [9.17, 15) is 0 Å². The van der Waals surface area contributed by atoms with Crippen LogP contribution >= 0.6 is 0 Å². The van der Waals surface area contributed by atoms with E-state index in [1.807, 2.05) is 14.1 Å². The van der Waals surface area contributed by atoms with E-state index in [1.54, 1.807) is 0 Å². The van der Waals surface area contributed by atoms with Crippen LogP contribution in [0.3, 0.4) is 0 Å². The molecule has 0 N–H and O–H groups in total. The molecule has 22 heavy (non-hydrogen) atoms. The zero-order valence-corrected chi connectivity index (χ0v) is 13.0. The Morgan fingerprint density at radius 2 is 1.73 bits per heavy atom. The summed E-state index contributed by atoms with van der Waals surface area (Å²) in [5.74, 6) is 1.81. The molecule has 3 heteroatoms. The molecule has 0 fully saturated rings. The lowest BCUT2D eigenvalue weighted by atomic mass is 10.1.